The molecule has 2 aromatic heterocycles. The maximum atomic E-state index is 12.8. The van der Waals surface area contributed by atoms with Gasteiger partial charge in [0.15, 0.2) is 4.96 Å². The Morgan fingerprint density at radius 2 is 2.15 bits per heavy atom. The molecule has 1 aliphatic carbocycles. The van der Waals surface area contributed by atoms with Gasteiger partial charge < -0.3 is 5.32 Å². The summed E-state index contributed by atoms with van der Waals surface area (Å²) in [5.41, 5.74) is 3.29. The van der Waals surface area contributed by atoms with Crippen molar-refractivity contribution >= 4 is 22.2 Å². The Morgan fingerprint density at radius 3 is 3.00 bits per heavy atom. The fraction of sp³-hybridized carbons (Fsp3) is 0.350. The molecule has 3 aromatic rings. The molecule has 26 heavy (non-hydrogen) atoms. The zero-order valence-corrected chi connectivity index (χ0v) is 15.6. The molecule has 1 N–H and O–H groups in total. The number of fused-ring (bicyclic) bond motifs is 3. The van der Waals surface area contributed by atoms with Crippen LogP contribution in [0.5, 0.6) is 0 Å². The second-order valence-electron chi connectivity index (χ2n) is 6.77. The van der Waals surface area contributed by atoms with Gasteiger partial charge in [-0.25, -0.2) is 4.98 Å². The van der Waals surface area contributed by atoms with Crippen LogP contribution >= 0.6 is 11.3 Å². The quantitative estimate of drug-likeness (QED) is 0.771. The number of nitrogens with zero attached hydrogens (tertiary/aromatic N) is 2. The molecule has 1 aliphatic rings. The number of thiazole rings is 1. The number of aromatic nitrogens is 2. The lowest BCUT2D eigenvalue weighted by Gasteiger charge is -2.10. The van der Waals surface area contributed by atoms with Gasteiger partial charge in [0.1, 0.15) is 5.56 Å². The standard InChI is InChI=1S/C20H21N3O2S/c1-13-5-4-6-14(11-13)9-10-21-18(24)15-12-22-20-23(19(15)25)16-7-2-3-8-17(16)26-20/h4-6,11-12H,2-3,7-10H2,1H3,(H,21,24). The summed E-state index contributed by atoms with van der Waals surface area (Å²) < 4.78 is 1.65. The number of amides is 1. The van der Waals surface area contributed by atoms with Gasteiger partial charge in [-0.1, -0.05) is 29.8 Å². The predicted molar refractivity (Wildman–Crippen MR) is 103 cm³/mol. The number of aryl methyl sites for hydroxylation is 3. The molecule has 134 valence electrons. The fourth-order valence-electron chi connectivity index (χ4n) is 3.51. The summed E-state index contributed by atoms with van der Waals surface area (Å²) in [4.78, 5) is 31.6. The SMILES string of the molecule is Cc1cccc(CCNC(=O)c2cnc3sc4c(n3c2=O)CCCC4)c1. The van der Waals surface area contributed by atoms with E-state index in [0.717, 1.165) is 37.8 Å². The lowest BCUT2D eigenvalue weighted by molar-refractivity contribution is 0.0952. The molecular weight excluding hydrogens is 346 g/mol. The highest BCUT2D eigenvalue weighted by Crippen LogP contribution is 2.28. The Labute approximate surface area is 155 Å². The van der Waals surface area contributed by atoms with Crippen molar-refractivity contribution in [1.82, 2.24) is 14.7 Å². The predicted octanol–water partition coefficient (Wildman–Crippen LogP) is 2.92. The van der Waals surface area contributed by atoms with Gasteiger partial charge in [-0.3, -0.25) is 14.0 Å². The van der Waals surface area contributed by atoms with Crippen LogP contribution in [0.15, 0.2) is 35.3 Å². The van der Waals surface area contributed by atoms with Gasteiger partial charge in [0.25, 0.3) is 11.5 Å². The normalized spacial score (nSPS) is 13.6. The summed E-state index contributed by atoms with van der Waals surface area (Å²) in [6.45, 7) is 2.54. The molecule has 1 aromatic carbocycles. The lowest BCUT2D eigenvalue weighted by Crippen LogP contribution is -2.33. The topological polar surface area (TPSA) is 63.5 Å². The van der Waals surface area contributed by atoms with Crippen molar-refractivity contribution in [3.05, 3.63) is 68.1 Å². The second kappa shape index (κ2) is 7.03. The van der Waals surface area contributed by atoms with Gasteiger partial charge in [0, 0.05) is 23.3 Å². The molecule has 0 bridgehead atoms. The van der Waals surface area contributed by atoms with E-state index in [4.69, 9.17) is 0 Å². The highest BCUT2D eigenvalue weighted by atomic mass is 32.1. The Kier molecular flexibility index (Phi) is 4.59. The van der Waals surface area contributed by atoms with Crippen LogP contribution in [0.3, 0.4) is 0 Å². The smallest absolute Gasteiger partial charge is 0.271 e. The largest absolute Gasteiger partial charge is 0.351 e. The van der Waals surface area contributed by atoms with Crippen LogP contribution in [0, 0.1) is 6.92 Å². The van der Waals surface area contributed by atoms with E-state index in [1.165, 1.54) is 22.2 Å². The highest BCUT2D eigenvalue weighted by molar-refractivity contribution is 7.17. The first-order valence-electron chi connectivity index (χ1n) is 8.99. The zero-order valence-electron chi connectivity index (χ0n) is 14.7. The van der Waals surface area contributed by atoms with Crippen molar-refractivity contribution < 1.29 is 4.79 Å². The lowest BCUT2D eigenvalue weighted by atomic mass is 10.0. The average Bonchev–Trinajstić information content (AvgIpc) is 3.01. The molecule has 0 spiro atoms. The molecule has 5 nitrogen and oxygen atoms in total. The third-order valence-corrected chi connectivity index (χ3v) is 5.99. The molecule has 1 amide bonds. The van der Waals surface area contributed by atoms with E-state index >= 15 is 0 Å². The van der Waals surface area contributed by atoms with E-state index in [9.17, 15) is 9.59 Å². The molecule has 0 radical (unpaired) electrons. The van der Waals surface area contributed by atoms with Gasteiger partial charge >= 0.3 is 0 Å². The molecular formula is C20H21N3O2S. The average molecular weight is 367 g/mol. The summed E-state index contributed by atoms with van der Waals surface area (Å²) in [6.07, 6.45) is 6.27. The van der Waals surface area contributed by atoms with Gasteiger partial charge in [-0.2, -0.15) is 0 Å². The van der Waals surface area contributed by atoms with Crippen molar-refractivity contribution in [2.45, 2.75) is 39.0 Å². The summed E-state index contributed by atoms with van der Waals surface area (Å²) in [5, 5.41) is 2.86. The van der Waals surface area contributed by atoms with E-state index in [1.54, 1.807) is 15.7 Å². The zero-order chi connectivity index (χ0) is 18.1. The Bertz CT molecular complexity index is 1040. The fourth-order valence-corrected chi connectivity index (χ4v) is 4.68. The van der Waals surface area contributed by atoms with Gasteiger partial charge in [0.05, 0.1) is 0 Å². The monoisotopic (exact) mass is 367 g/mol. The summed E-state index contributed by atoms with van der Waals surface area (Å²) >= 11 is 1.57. The van der Waals surface area contributed by atoms with Crippen molar-refractivity contribution in [2.24, 2.45) is 0 Å². The molecule has 0 saturated carbocycles. The van der Waals surface area contributed by atoms with Crippen molar-refractivity contribution in [3.63, 3.8) is 0 Å². The van der Waals surface area contributed by atoms with E-state index in [0.29, 0.717) is 11.5 Å². The van der Waals surface area contributed by atoms with E-state index in [2.05, 4.69) is 16.4 Å². The molecule has 2 heterocycles. The van der Waals surface area contributed by atoms with Crippen molar-refractivity contribution in [1.29, 1.82) is 0 Å². The molecule has 0 unspecified atom stereocenters. The van der Waals surface area contributed by atoms with Gasteiger partial charge in [0.2, 0.25) is 0 Å². The number of carbonyl (C=O) groups excluding carboxylic acids is 1. The Balaban J connectivity index is 1.53. The highest BCUT2D eigenvalue weighted by Gasteiger charge is 2.21. The van der Waals surface area contributed by atoms with Crippen LogP contribution in [0.1, 0.15) is 44.9 Å². The number of hydrogen-bond donors (Lipinski definition) is 1. The summed E-state index contributed by atoms with van der Waals surface area (Å²) in [6, 6.07) is 8.20. The molecule has 0 fully saturated rings. The number of carbonyl (C=O) groups is 1. The van der Waals surface area contributed by atoms with Crippen LogP contribution in [0.2, 0.25) is 0 Å². The van der Waals surface area contributed by atoms with Gasteiger partial charge in [-0.05, 0) is 44.6 Å². The maximum absolute atomic E-state index is 12.8. The Morgan fingerprint density at radius 1 is 1.31 bits per heavy atom. The number of nitrogens with one attached hydrogen (secondary N) is 1. The summed E-state index contributed by atoms with van der Waals surface area (Å²) in [5.74, 6) is -0.347. The third-order valence-electron chi connectivity index (χ3n) is 4.83. The van der Waals surface area contributed by atoms with Crippen molar-refractivity contribution in [2.75, 3.05) is 6.54 Å². The van der Waals surface area contributed by atoms with E-state index in [-0.39, 0.29) is 17.0 Å². The minimum absolute atomic E-state index is 0.123. The maximum Gasteiger partial charge on any atom is 0.271 e. The second-order valence-corrected chi connectivity index (χ2v) is 7.83. The van der Waals surface area contributed by atoms with Crippen molar-refractivity contribution in [3.8, 4) is 0 Å². The van der Waals surface area contributed by atoms with Crippen LogP contribution in [0.4, 0.5) is 0 Å². The van der Waals surface area contributed by atoms with Crippen LogP contribution in [0.25, 0.3) is 4.96 Å². The first-order valence-corrected chi connectivity index (χ1v) is 9.81. The summed E-state index contributed by atoms with van der Waals surface area (Å²) in [7, 11) is 0. The first-order chi connectivity index (χ1) is 12.6. The third kappa shape index (κ3) is 3.17. The first kappa shape index (κ1) is 17.0. The molecule has 0 atom stereocenters. The molecule has 0 aliphatic heterocycles. The number of hydrogen-bond acceptors (Lipinski definition) is 4. The molecule has 6 heteroatoms. The van der Waals surface area contributed by atoms with Crippen LogP contribution in [-0.2, 0) is 19.3 Å². The minimum Gasteiger partial charge on any atom is -0.351 e. The minimum atomic E-state index is -0.347. The molecule has 0 saturated heterocycles. The van der Waals surface area contributed by atoms with E-state index < -0.39 is 0 Å². The number of benzene rings is 1. The Hall–Kier alpha value is -2.47. The van der Waals surface area contributed by atoms with Gasteiger partial charge in [-0.15, -0.1) is 11.3 Å². The molecule has 4 rings (SSSR count). The van der Waals surface area contributed by atoms with Crippen LogP contribution in [-0.4, -0.2) is 21.8 Å². The number of rotatable bonds is 4. The van der Waals surface area contributed by atoms with E-state index in [1.807, 2.05) is 25.1 Å². The van der Waals surface area contributed by atoms with Crippen LogP contribution < -0.4 is 10.9 Å².